The monoisotopic (exact) mass is 279 g/mol. The molecule has 3 amide bonds. The Morgan fingerprint density at radius 2 is 1.90 bits per heavy atom. The highest BCUT2D eigenvalue weighted by atomic mass is 16.3. The van der Waals surface area contributed by atoms with Gasteiger partial charge in [-0.05, 0) is 25.0 Å². The van der Waals surface area contributed by atoms with Crippen molar-refractivity contribution in [2.24, 2.45) is 0 Å². The van der Waals surface area contributed by atoms with Gasteiger partial charge in [0, 0.05) is 12.2 Å². The third-order valence-corrected chi connectivity index (χ3v) is 2.71. The van der Waals surface area contributed by atoms with Crippen LogP contribution >= 0.6 is 0 Å². The minimum Gasteiger partial charge on any atom is -0.393 e. The molecule has 6 heteroatoms. The van der Waals surface area contributed by atoms with Gasteiger partial charge in [-0.25, -0.2) is 4.79 Å². The summed E-state index contributed by atoms with van der Waals surface area (Å²) in [6.45, 7) is 2.18. The number of hydrogen-bond donors (Lipinski definition) is 4. The van der Waals surface area contributed by atoms with Gasteiger partial charge in [-0.1, -0.05) is 25.1 Å². The van der Waals surface area contributed by atoms with Crippen LogP contribution in [0.4, 0.5) is 10.5 Å². The number of amides is 3. The van der Waals surface area contributed by atoms with Gasteiger partial charge in [0.15, 0.2) is 0 Å². The maximum Gasteiger partial charge on any atom is 0.319 e. The molecule has 0 saturated heterocycles. The molecule has 20 heavy (non-hydrogen) atoms. The average Bonchev–Trinajstić information content (AvgIpc) is 2.46. The number of benzene rings is 1. The molecule has 4 N–H and O–H groups in total. The second-order valence-corrected chi connectivity index (χ2v) is 4.37. The zero-order valence-electron chi connectivity index (χ0n) is 11.6. The predicted octanol–water partition coefficient (Wildman–Crippen LogP) is 1.09. The lowest BCUT2D eigenvalue weighted by Gasteiger charge is -2.10. The molecular weight excluding hydrogens is 258 g/mol. The first kappa shape index (κ1) is 16.0. The first-order valence-corrected chi connectivity index (χ1v) is 6.66. The molecule has 0 saturated carbocycles. The Bertz CT molecular complexity index is 423. The summed E-state index contributed by atoms with van der Waals surface area (Å²) in [4.78, 5) is 22.9. The number of nitrogens with one attached hydrogen (secondary N) is 3. The van der Waals surface area contributed by atoms with Crippen molar-refractivity contribution in [3.63, 3.8) is 0 Å². The minimum absolute atomic E-state index is 0.0963. The van der Waals surface area contributed by atoms with Gasteiger partial charge in [0.05, 0.1) is 12.6 Å². The fourth-order valence-corrected chi connectivity index (χ4v) is 1.50. The number of carbonyl (C=O) groups is 2. The van der Waals surface area contributed by atoms with Crippen LogP contribution in [-0.4, -0.2) is 36.2 Å². The van der Waals surface area contributed by atoms with Crippen molar-refractivity contribution < 1.29 is 14.7 Å². The summed E-state index contributed by atoms with van der Waals surface area (Å²) in [5.41, 5.74) is 0.663. The molecule has 0 aliphatic heterocycles. The summed E-state index contributed by atoms with van der Waals surface area (Å²) in [5, 5.41) is 17.0. The van der Waals surface area contributed by atoms with Crippen molar-refractivity contribution >= 4 is 17.6 Å². The Labute approximate surface area is 118 Å². The van der Waals surface area contributed by atoms with Crippen LogP contribution in [0.3, 0.4) is 0 Å². The Morgan fingerprint density at radius 3 is 2.55 bits per heavy atom. The van der Waals surface area contributed by atoms with Crippen LogP contribution in [0, 0.1) is 0 Å². The van der Waals surface area contributed by atoms with Crippen LogP contribution in [-0.2, 0) is 4.79 Å². The number of hydrogen-bond acceptors (Lipinski definition) is 3. The molecule has 0 fully saturated rings. The molecule has 1 rings (SSSR count). The van der Waals surface area contributed by atoms with Crippen molar-refractivity contribution in [3.05, 3.63) is 30.3 Å². The number of carbonyl (C=O) groups excluding carboxylic acids is 2. The first-order chi connectivity index (χ1) is 9.61. The maximum absolute atomic E-state index is 11.5. The summed E-state index contributed by atoms with van der Waals surface area (Å²) < 4.78 is 0. The van der Waals surface area contributed by atoms with Crippen molar-refractivity contribution in [2.45, 2.75) is 25.9 Å². The van der Waals surface area contributed by atoms with Crippen LogP contribution in [0.5, 0.6) is 0 Å². The highest BCUT2D eigenvalue weighted by Crippen LogP contribution is 2.03. The number of para-hydroxylation sites is 1. The lowest BCUT2D eigenvalue weighted by atomic mass is 10.2. The Kier molecular flexibility index (Phi) is 7.13. The summed E-state index contributed by atoms with van der Waals surface area (Å²) in [7, 11) is 0. The van der Waals surface area contributed by atoms with Crippen LogP contribution in [0.1, 0.15) is 19.8 Å². The second-order valence-electron chi connectivity index (χ2n) is 4.37. The number of anilines is 1. The van der Waals surface area contributed by atoms with E-state index in [1.807, 2.05) is 13.0 Å². The Morgan fingerprint density at radius 1 is 1.20 bits per heavy atom. The van der Waals surface area contributed by atoms with Crippen molar-refractivity contribution in [2.75, 3.05) is 18.4 Å². The molecule has 0 aromatic heterocycles. The SMILES string of the molecule is CCC(O)CCNC(=O)CNC(=O)Nc1ccccc1. The number of urea groups is 1. The predicted molar refractivity (Wildman–Crippen MR) is 77.4 cm³/mol. The van der Waals surface area contributed by atoms with Gasteiger partial charge in [0.25, 0.3) is 0 Å². The largest absolute Gasteiger partial charge is 0.393 e. The normalized spacial score (nSPS) is 11.5. The Hall–Kier alpha value is -2.08. The van der Waals surface area contributed by atoms with Gasteiger partial charge >= 0.3 is 6.03 Å². The van der Waals surface area contributed by atoms with Crippen LogP contribution in [0.15, 0.2) is 30.3 Å². The lowest BCUT2D eigenvalue weighted by Crippen LogP contribution is -2.39. The van der Waals surface area contributed by atoms with E-state index in [1.54, 1.807) is 24.3 Å². The summed E-state index contributed by atoms with van der Waals surface area (Å²) >= 11 is 0. The molecule has 6 nitrogen and oxygen atoms in total. The van der Waals surface area contributed by atoms with Crippen LogP contribution in [0.2, 0.25) is 0 Å². The fourth-order valence-electron chi connectivity index (χ4n) is 1.50. The van der Waals surface area contributed by atoms with E-state index < -0.39 is 12.1 Å². The molecule has 110 valence electrons. The summed E-state index contributed by atoms with van der Waals surface area (Å²) in [6, 6.07) is 8.54. The highest BCUT2D eigenvalue weighted by Gasteiger charge is 2.06. The van der Waals surface area contributed by atoms with E-state index in [4.69, 9.17) is 0 Å². The van der Waals surface area contributed by atoms with Crippen LogP contribution in [0.25, 0.3) is 0 Å². The molecule has 1 unspecified atom stereocenters. The molecule has 1 aromatic carbocycles. The van der Waals surface area contributed by atoms with Gasteiger partial charge < -0.3 is 21.1 Å². The molecule has 0 heterocycles. The number of aliphatic hydroxyl groups excluding tert-OH is 1. The minimum atomic E-state index is -0.431. The molecule has 0 spiro atoms. The molecule has 0 bridgehead atoms. The quantitative estimate of drug-likeness (QED) is 0.602. The van der Waals surface area contributed by atoms with Gasteiger partial charge in [-0.3, -0.25) is 4.79 Å². The smallest absolute Gasteiger partial charge is 0.319 e. The Balaban J connectivity index is 2.16. The van der Waals surface area contributed by atoms with E-state index in [9.17, 15) is 14.7 Å². The van der Waals surface area contributed by atoms with E-state index >= 15 is 0 Å². The van der Waals surface area contributed by atoms with E-state index in [0.717, 1.165) is 0 Å². The summed E-state index contributed by atoms with van der Waals surface area (Å²) in [6.07, 6.45) is 0.774. The zero-order chi connectivity index (χ0) is 14.8. The van der Waals surface area contributed by atoms with Gasteiger partial charge in [0.2, 0.25) is 5.91 Å². The first-order valence-electron chi connectivity index (χ1n) is 6.66. The van der Waals surface area contributed by atoms with Gasteiger partial charge in [-0.15, -0.1) is 0 Å². The zero-order valence-corrected chi connectivity index (χ0v) is 11.6. The standard InChI is InChI=1S/C14H21N3O3/c1-2-12(18)8-9-15-13(19)10-16-14(20)17-11-6-4-3-5-7-11/h3-7,12,18H,2,8-10H2,1H3,(H,15,19)(H2,16,17,20). The highest BCUT2D eigenvalue weighted by molar-refractivity contribution is 5.92. The summed E-state index contributed by atoms with van der Waals surface area (Å²) in [5.74, 6) is -0.281. The topological polar surface area (TPSA) is 90.5 Å². The number of rotatable bonds is 7. The molecule has 1 atom stereocenters. The van der Waals surface area contributed by atoms with Crippen molar-refractivity contribution in [1.82, 2.24) is 10.6 Å². The van der Waals surface area contributed by atoms with E-state index in [0.29, 0.717) is 25.1 Å². The third kappa shape index (κ3) is 6.75. The van der Waals surface area contributed by atoms with Crippen molar-refractivity contribution in [1.29, 1.82) is 0 Å². The molecular formula is C14H21N3O3. The molecule has 0 aliphatic rings. The van der Waals surface area contributed by atoms with Crippen molar-refractivity contribution in [3.8, 4) is 0 Å². The lowest BCUT2D eigenvalue weighted by molar-refractivity contribution is -0.120. The van der Waals surface area contributed by atoms with E-state index in [2.05, 4.69) is 16.0 Å². The fraction of sp³-hybridized carbons (Fsp3) is 0.429. The number of aliphatic hydroxyl groups is 1. The second kappa shape index (κ2) is 8.92. The third-order valence-electron chi connectivity index (χ3n) is 2.71. The van der Waals surface area contributed by atoms with E-state index in [-0.39, 0.29) is 12.5 Å². The van der Waals surface area contributed by atoms with Crippen LogP contribution < -0.4 is 16.0 Å². The average molecular weight is 279 g/mol. The van der Waals surface area contributed by atoms with Gasteiger partial charge in [-0.2, -0.15) is 0 Å². The van der Waals surface area contributed by atoms with Gasteiger partial charge in [0.1, 0.15) is 0 Å². The molecule has 1 aromatic rings. The molecule has 0 aliphatic carbocycles. The maximum atomic E-state index is 11.5. The van der Waals surface area contributed by atoms with E-state index in [1.165, 1.54) is 0 Å². The molecule has 0 radical (unpaired) electrons.